The molecule has 0 aliphatic rings. The first kappa shape index (κ1) is 14.0. The van der Waals surface area contributed by atoms with E-state index in [1.54, 1.807) is 11.3 Å². The van der Waals surface area contributed by atoms with Crippen molar-refractivity contribution in [2.24, 2.45) is 0 Å². The fraction of sp³-hybridized carbons (Fsp3) is 0.167. The summed E-state index contributed by atoms with van der Waals surface area (Å²) in [5, 5.41) is 4.91. The van der Waals surface area contributed by atoms with Crippen molar-refractivity contribution in [2.45, 2.75) is 13.0 Å². The molecule has 0 amide bonds. The zero-order valence-corrected chi connectivity index (χ0v) is 13.3. The molecule has 1 unspecified atom stereocenters. The molecule has 1 nitrogen and oxygen atoms in total. The van der Waals surface area contributed by atoms with Gasteiger partial charge in [0.1, 0.15) is 11.6 Å². The van der Waals surface area contributed by atoms with Crippen LogP contribution in [-0.4, -0.2) is 0 Å². The highest BCUT2D eigenvalue weighted by atomic mass is 79.9. The van der Waals surface area contributed by atoms with Gasteiger partial charge in [0.25, 0.3) is 0 Å². The predicted octanol–water partition coefficient (Wildman–Crippen LogP) is 5.72. The monoisotopic (exact) mass is 395 g/mol. The molecule has 1 atom stereocenters. The normalized spacial score (nSPS) is 12.5. The zero-order chi connectivity index (χ0) is 13.3. The Morgan fingerprint density at radius 2 is 1.89 bits per heavy atom. The first-order chi connectivity index (χ1) is 8.47. The Morgan fingerprint density at radius 3 is 2.50 bits per heavy atom. The molecule has 18 heavy (non-hydrogen) atoms. The maximum absolute atomic E-state index is 13.6. The summed E-state index contributed by atoms with van der Waals surface area (Å²) < 4.78 is 28.1. The fourth-order valence-electron chi connectivity index (χ4n) is 1.49. The fourth-order valence-corrected chi connectivity index (χ4v) is 3.26. The summed E-state index contributed by atoms with van der Waals surface area (Å²) >= 11 is 7.87. The molecule has 0 bridgehead atoms. The Kier molecular flexibility index (Phi) is 4.40. The number of anilines is 1. The molecule has 0 aliphatic carbocycles. The SMILES string of the molecule is CC(Nc1cc(F)c(Br)cc1F)c1cc(Br)cs1. The van der Waals surface area contributed by atoms with Gasteiger partial charge in [0.2, 0.25) is 0 Å². The van der Waals surface area contributed by atoms with Crippen LogP contribution >= 0.6 is 43.2 Å². The van der Waals surface area contributed by atoms with Crippen molar-refractivity contribution in [3.63, 3.8) is 0 Å². The lowest BCUT2D eigenvalue weighted by atomic mass is 10.2. The van der Waals surface area contributed by atoms with E-state index in [4.69, 9.17) is 0 Å². The van der Waals surface area contributed by atoms with Gasteiger partial charge in [0.15, 0.2) is 0 Å². The number of benzene rings is 1. The van der Waals surface area contributed by atoms with Gasteiger partial charge in [-0.1, -0.05) is 0 Å². The molecule has 0 spiro atoms. The number of hydrogen-bond donors (Lipinski definition) is 1. The Labute approximate surface area is 124 Å². The van der Waals surface area contributed by atoms with Gasteiger partial charge < -0.3 is 5.32 Å². The van der Waals surface area contributed by atoms with Crippen molar-refractivity contribution in [1.82, 2.24) is 0 Å². The van der Waals surface area contributed by atoms with E-state index in [-0.39, 0.29) is 16.2 Å². The molecule has 0 fully saturated rings. The summed E-state index contributed by atoms with van der Waals surface area (Å²) in [6, 6.07) is 4.14. The molecule has 1 heterocycles. The second-order valence-electron chi connectivity index (χ2n) is 3.78. The molecular formula is C12H9Br2F2NS. The third-order valence-corrected chi connectivity index (χ3v) is 4.88. The molecule has 2 rings (SSSR count). The minimum absolute atomic E-state index is 0.0867. The Balaban J connectivity index is 2.21. The van der Waals surface area contributed by atoms with Crippen LogP contribution in [0.4, 0.5) is 14.5 Å². The van der Waals surface area contributed by atoms with Crippen molar-refractivity contribution < 1.29 is 8.78 Å². The van der Waals surface area contributed by atoms with Crippen LogP contribution in [0.15, 0.2) is 32.5 Å². The van der Waals surface area contributed by atoms with E-state index in [1.807, 2.05) is 18.4 Å². The molecular weight excluding hydrogens is 388 g/mol. The first-order valence-corrected chi connectivity index (χ1v) is 7.59. The lowest BCUT2D eigenvalue weighted by Gasteiger charge is -2.14. The summed E-state index contributed by atoms with van der Waals surface area (Å²) in [4.78, 5) is 1.05. The third kappa shape index (κ3) is 3.10. The summed E-state index contributed by atoms with van der Waals surface area (Å²) in [6.07, 6.45) is 0. The van der Waals surface area contributed by atoms with Gasteiger partial charge in [-0.3, -0.25) is 0 Å². The summed E-state index contributed by atoms with van der Waals surface area (Å²) in [5.41, 5.74) is 0.160. The molecule has 6 heteroatoms. The molecule has 0 aliphatic heterocycles. The second kappa shape index (κ2) is 5.67. The molecule has 2 aromatic rings. The van der Waals surface area contributed by atoms with Crippen LogP contribution in [0.3, 0.4) is 0 Å². The van der Waals surface area contributed by atoms with Crippen LogP contribution in [0, 0.1) is 11.6 Å². The van der Waals surface area contributed by atoms with Crippen LogP contribution in [0.1, 0.15) is 17.8 Å². The van der Waals surface area contributed by atoms with Crippen molar-refractivity contribution >= 4 is 48.9 Å². The average Bonchev–Trinajstić information content (AvgIpc) is 2.73. The van der Waals surface area contributed by atoms with E-state index >= 15 is 0 Å². The lowest BCUT2D eigenvalue weighted by molar-refractivity contribution is 0.595. The van der Waals surface area contributed by atoms with Crippen LogP contribution < -0.4 is 5.32 Å². The number of thiophene rings is 1. The average molecular weight is 397 g/mol. The van der Waals surface area contributed by atoms with Gasteiger partial charge >= 0.3 is 0 Å². The van der Waals surface area contributed by atoms with E-state index in [1.165, 1.54) is 0 Å². The number of rotatable bonds is 3. The molecule has 1 aromatic carbocycles. The summed E-state index contributed by atoms with van der Waals surface area (Å²) in [6.45, 7) is 1.90. The smallest absolute Gasteiger partial charge is 0.147 e. The van der Waals surface area contributed by atoms with Gasteiger partial charge in [-0.25, -0.2) is 8.78 Å². The van der Waals surface area contributed by atoms with Crippen LogP contribution in [0.2, 0.25) is 0 Å². The second-order valence-corrected chi connectivity index (χ2v) is 6.49. The van der Waals surface area contributed by atoms with Gasteiger partial charge in [-0.05, 0) is 50.9 Å². The zero-order valence-electron chi connectivity index (χ0n) is 9.31. The minimum atomic E-state index is -0.488. The molecule has 0 saturated carbocycles. The Bertz CT molecular complexity index is 571. The van der Waals surface area contributed by atoms with Gasteiger partial charge in [-0.15, -0.1) is 11.3 Å². The maximum atomic E-state index is 13.6. The molecule has 1 N–H and O–H groups in total. The van der Waals surface area contributed by atoms with Gasteiger partial charge in [0.05, 0.1) is 16.2 Å². The minimum Gasteiger partial charge on any atom is -0.375 e. The van der Waals surface area contributed by atoms with E-state index < -0.39 is 11.6 Å². The molecule has 0 radical (unpaired) electrons. The first-order valence-electron chi connectivity index (χ1n) is 5.12. The van der Waals surface area contributed by atoms with E-state index in [2.05, 4.69) is 37.2 Å². The Morgan fingerprint density at radius 1 is 1.17 bits per heavy atom. The highest BCUT2D eigenvalue weighted by Crippen LogP contribution is 2.30. The molecule has 96 valence electrons. The van der Waals surface area contributed by atoms with Crippen molar-refractivity contribution in [1.29, 1.82) is 0 Å². The predicted molar refractivity (Wildman–Crippen MR) is 78.1 cm³/mol. The van der Waals surface area contributed by atoms with Crippen molar-refractivity contribution in [2.75, 3.05) is 5.32 Å². The van der Waals surface area contributed by atoms with E-state index in [9.17, 15) is 8.78 Å². The lowest BCUT2D eigenvalue weighted by Crippen LogP contribution is -2.07. The highest BCUT2D eigenvalue weighted by Gasteiger charge is 2.13. The van der Waals surface area contributed by atoms with Crippen molar-refractivity contribution in [3.8, 4) is 0 Å². The van der Waals surface area contributed by atoms with Crippen LogP contribution in [-0.2, 0) is 0 Å². The van der Waals surface area contributed by atoms with Crippen LogP contribution in [0.5, 0.6) is 0 Å². The topological polar surface area (TPSA) is 12.0 Å². The van der Waals surface area contributed by atoms with Gasteiger partial charge in [-0.2, -0.15) is 0 Å². The molecule has 1 aromatic heterocycles. The number of hydrogen-bond acceptors (Lipinski definition) is 2. The summed E-state index contributed by atoms with van der Waals surface area (Å²) in [5.74, 6) is -0.968. The third-order valence-electron chi connectivity index (χ3n) is 2.40. The largest absolute Gasteiger partial charge is 0.375 e. The Hall–Kier alpha value is -0.460. The van der Waals surface area contributed by atoms with E-state index in [0.717, 1.165) is 21.5 Å². The molecule has 0 saturated heterocycles. The standard InChI is InChI=1S/C12H9Br2F2NS/c1-6(12-2-7(13)5-18-12)17-11-4-9(15)8(14)3-10(11)16/h2-6,17H,1H3. The summed E-state index contributed by atoms with van der Waals surface area (Å²) in [7, 11) is 0. The maximum Gasteiger partial charge on any atom is 0.147 e. The van der Waals surface area contributed by atoms with E-state index in [0.29, 0.717) is 0 Å². The van der Waals surface area contributed by atoms with Gasteiger partial charge in [0, 0.05) is 20.8 Å². The van der Waals surface area contributed by atoms with Crippen molar-refractivity contribution in [3.05, 3.63) is 49.0 Å². The number of nitrogens with one attached hydrogen (secondary N) is 1. The quantitative estimate of drug-likeness (QED) is 0.653. The van der Waals surface area contributed by atoms with Crippen LogP contribution in [0.25, 0.3) is 0 Å². The highest BCUT2D eigenvalue weighted by molar-refractivity contribution is 9.10. The number of halogens is 4.